The molecule has 0 heterocycles. The Morgan fingerprint density at radius 1 is 0.750 bits per heavy atom. The summed E-state index contributed by atoms with van der Waals surface area (Å²) in [6.45, 7) is 2.20. The molecule has 0 bridgehead atoms. The van der Waals surface area contributed by atoms with Gasteiger partial charge in [0.1, 0.15) is 18.3 Å². The van der Waals surface area contributed by atoms with Crippen molar-refractivity contribution in [1.29, 1.82) is 0 Å². The second-order valence-corrected chi connectivity index (χ2v) is 8.57. The third kappa shape index (κ3) is 9.29. The van der Waals surface area contributed by atoms with Crippen LogP contribution in [-0.4, -0.2) is 72.9 Å². The van der Waals surface area contributed by atoms with Gasteiger partial charge in [0.25, 0.3) is 5.79 Å². The van der Waals surface area contributed by atoms with Crippen LogP contribution in [0.5, 0.6) is 0 Å². The molecule has 0 aromatic rings. The first kappa shape index (κ1) is 28.7. The summed E-state index contributed by atoms with van der Waals surface area (Å²) in [6.07, 6.45) is 9.93. The molecule has 1 rings (SSSR count). The van der Waals surface area contributed by atoms with E-state index < -0.39 is 42.3 Å². The van der Waals surface area contributed by atoms with E-state index in [0.29, 0.717) is 6.42 Å². The summed E-state index contributed by atoms with van der Waals surface area (Å²) in [7, 11) is 0. The second kappa shape index (κ2) is 15.5. The standard InChI is InChI=1S/C24H42O8/c1-2-3-4-5-6-7-8-9-10-11-12-13-14-15-16-17-18(25)32-24(31)22(29)20(27)19(26)21(28)23(24)30/h6-7,9-10,19-23,26-31H,2-5,8,11-17H2,1H3/b7-6-,10-9-/t19?,20-,21+,22-,23-,24?/m1/s1. The third-order valence-corrected chi connectivity index (χ3v) is 5.80. The summed E-state index contributed by atoms with van der Waals surface area (Å²) in [4.78, 5) is 12.0. The molecule has 0 saturated heterocycles. The van der Waals surface area contributed by atoms with Gasteiger partial charge in [-0.3, -0.25) is 4.79 Å². The molecule has 1 saturated carbocycles. The summed E-state index contributed by atoms with van der Waals surface area (Å²) in [5.41, 5.74) is 0. The zero-order valence-corrected chi connectivity index (χ0v) is 19.2. The van der Waals surface area contributed by atoms with Crippen LogP contribution in [0.3, 0.4) is 0 Å². The number of aliphatic hydroxyl groups excluding tert-OH is 5. The maximum Gasteiger partial charge on any atom is 0.308 e. The van der Waals surface area contributed by atoms with Gasteiger partial charge in [0, 0.05) is 6.42 Å². The molecule has 8 nitrogen and oxygen atoms in total. The quantitative estimate of drug-likeness (QED) is 0.0943. The predicted octanol–water partition coefficient (Wildman–Crippen LogP) is 1.85. The number of hydrogen-bond acceptors (Lipinski definition) is 8. The van der Waals surface area contributed by atoms with Gasteiger partial charge in [0.15, 0.2) is 12.2 Å². The lowest BCUT2D eigenvalue weighted by Gasteiger charge is -2.46. The van der Waals surface area contributed by atoms with Gasteiger partial charge in [-0.2, -0.15) is 0 Å². The minimum Gasteiger partial charge on any atom is -0.427 e. The van der Waals surface area contributed by atoms with Gasteiger partial charge in [-0.15, -0.1) is 0 Å². The van der Waals surface area contributed by atoms with E-state index in [9.17, 15) is 35.4 Å². The zero-order valence-electron chi connectivity index (χ0n) is 19.2. The minimum atomic E-state index is -2.88. The summed E-state index contributed by atoms with van der Waals surface area (Å²) in [5.74, 6) is -3.75. The molecular formula is C24H42O8. The van der Waals surface area contributed by atoms with Crippen LogP contribution < -0.4 is 0 Å². The monoisotopic (exact) mass is 458 g/mol. The first-order valence-corrected chi connectivity index (χ1v) is 11.9. The van der Waals surface area contributed by atoms with Gasteiger partial charge in [-0.1, -0.05) is 63.3 Å². The van der Waals surface area contributed by atoms with Crippen molar-refractivity contribution >= 4 is 5.97 Å². The highest BCUT2D eigenvalue weighted by atomic mass is 16.7. The molecule has 1 fully saturated rings. The Balaban J connectivity index is 2.13. The maximum absolute atomic E-state index is 12.0. The number of carbonyl (C=O) groups is 1. The Bertz CT molecular complexity index is 560. The zero-order chi connectivity index (χ0) is 24.0. The number of hydrogen-bond donors (Lipinski definition) is 6. The average Bonchev–Trinajstić information content (AvgIpc) is 2.78. The number of allylic oxidation sites excluding steroid dienone is 4. The van der Waals surface area contributed by atoms with Gasteiger partial charge in [0.2, 0.25) is 0 Å². The highest BCUT2D eigenvalue weighted by Crippen LogP contribution is 2.32. The second-order valence-electron chi connectivity index (χ2n) is 8.57. The smallest absolute Gasteiger partial charge is 0.308 e. The van der Waals surface area contributed by atoms with Crippen LogP contribution in [0.1, 0.15) is 84.0 Å². The molecule has 1 aliphatic rings. The topological polar surface area (TPSA) is 148 Å². The molecule has 1 aliphatic carbocycles. The van der Waals surface area contributed by atoms with Crippen molar-refractivity contribution in [3.8, 4) is 0 Å². The molecule has 0 aromatic carbocycles. The summed E-state index contributed by atoms with van der Waals surface area (Å²) < 4.78 is 4.78. The molecular weight excluding hydrogens is 416 g/mol. The van der Waals surface area contributed by atoms with Crippen LogP contribution in [0.4, 0.5) is 0 Å². The molecule has 0 aliphatic heterocycles. The van der Waals surface area contributed by atoms with E-state index in [0.717, 1.165) is 44.9 Å². The van der Waals surface area contributed by atoms with E-state index in [1.807, 2.05) is 0 Å². The number of esters is 1. The molecule has 6 atom stereocenters. The van der Waals surface area contributed by atoms with E-state index in [1.165, 1.54) is 19.3 Å². The number of rotatable bonds is 15. The highest BCUT2D eigenvalue weighted by Gasteiger charge is 2.60. The van der Waals surface area contributed by atoms with Gasteiger partial charge < -0.3 is 35.4 Å². The summed E-state index contributed by atoms with van der Waals surface area (Å²) in [5, 5.41) is 58.9. The van der Waals surface area contributed by atoms with Crippen molar-refractivity contribution < 1.29 is 40.2 Å². The first-order valence-electron chi connectivity index (χ1n) is 11.9. The normalized spacial score (nSPS) is 30.9. The van der Waals surface area contributed by atoms with Crippen LogP contribution in [0, 0.1) is 0 Å². The van der Waals surface area contributed by atoms with Gasteiger partial charge in [-0.25, -0.2) is 0 Å². The van der Waals surface area contributed by atoms with Crippen LogP contribution in [-0.2, 0) is 9.53 Å². The van der Waals surface area contributed by atoms with E-state index in [2.05, 4.69) is 31.2 Å². The van der Waals surface area contributed by atoms with Gasteiger partial charge in [-0.05, 0) is 38.5 Å². The molecule has 0 aromatic heterocycles. The fraction of sp³-hybridized carbons (Fsp3) is 0.792. The lowest BCUT2D eigenvalue weighted by molar-refractivity contribution is -0.347. The van der Waals surface area contributed by atoms with Crippen molar-refractivity contribution in [2.24, 2.45) is 0 Å². The molecule has 2 unspecified atom stereocenters. The predicted molar refractivity (Wildman–Crippen MR) is 120 cm³/mol. The highest BCUT2D eigenvalue weighted by molar-refractivity contribution is 5.69. The number of unbranched alkanes of at least 4 members (excludes halogenated alkanes) is 8. The Kier molecular flexibility index (Phi) is 13.9. The molecule has 0 radical (unpaired) electrons. The molecule has 0 spiro atoms. The SMILES string of the molecule is CCCCC/C=C\C/C=C\CCCCCCCC(=O)OC1(O)[C@H](O)[C@H](O)C(O)[C@H](O)[C@H]1O. The van der Waals surface area contributed by atoms with Crippen molar-refractivity contribution in [1.82, 2.24) is 0 Å². The number of ether oxygens (including phenoxy) is 1. The Labute approximate surface area is 191 Å². The first-order chi connectivity index (χ1) is 15.3. The number of carbonyl (C=O) groups excluding carboxylic acids is 1. The van der Waals surface area contributed by atoms with Crippen molar-refractivity contribution in [3.05, 3.63) is 24.3 Å². The molecule has 32 heavy (non-hydrogen) atoms. The van der Waals surface area contributed by atoms with Crippen LogP contribution in [0.2, 0.25) is 0 Å². The third-order valence-electron chi connectivity index (χ3n) is 5.80. The van der Waals surface area contributed by atoms with Crippen LogP contribution >= 0.6 is 0 Å². The average molecular weight is 459 g/mol. The maximum atomic E-state index is 12.0. The Morgan fingerprint density at radius 2 is 1.25 bits per heavy atom. The van der Waals surface area contributed by atoms with E-state index in [-0.39, 0.29) is 6.42 Å². The fourth-order valence-electron chi connectivity index (χ4n) is 3.67. The van der Waals surface area contributed by atoms with Crippen LogP contribution in [0.15, 0.2) is 24.3 Å². The molecule has 0 amide bonds. The Hall–Kier alpha value is -1.29. The van der Waals surface area contributed by atoms with E-state index in [4.69, 9.17) is 4.74 Å². The number of aliphatic hydroxyl groups is 6. The van der Waals surface area contributed by atoms with Crippen molar-refractivity contribution in [3.63, 3.8) is 0 Å². The lowest BCUT2D eigenvalue weighted by atomic mass is 9.82. The van der Waals surface area contributed by atoms with Crippen LogP contribution in [0.25, 0.3) is 0 Å². The molecule has 8 heteroatoms. The van der Waals surface area contributed by atoms with E-state index in [1.54, 1.807) is 0 Å². The molecule has 186 valence electrons. The van der Waals surface area contributed by atoms with Crippen molar-refractivity contribution in [2.45, 2.75) is 120 Å². The van der Waals surface area contributed by atoms with Gasteiger partial charge >= 0.3 is 5.97 Å². The van der Waals surface area contributed by atoms with E-state index >= 15 is 0 Å². The summed E-state index contributed by atoms with van der Waals surface area (Å²) in [6, 6.07) is 0. The lowest BCUT2D eigenvalue weighted by Crippen LogP contribution is -2.72. The fourth-order valence-corrected chi connectivity index (χ4v) is 3.67. The summed E-state index contributed by atoms with van der Waals surface area (Å²) >= 11 is 0. The Morgan fingerprint density at radius 3 is 1.81 bits per heavy atom. The minimum absolute atomic E-state index is 0.0407. The van der Waals surface area contributed by atoms with Crippen molar-refractivity contribution in [2.75, 3.05) is 0 Å². The van der Waals surface area contributed by atoms with Gasteiger partial charge in [0.05, 0.1) is 0 Å². The molecule has 6 N–H and O–H groups in total. The largest absolute Gasteiger partial charge is 0.427 e.